The van der Waals surface area contributed by atoms with Gasteiger partial charge in [-0.25, -0.2) is 4.98 Å². The number of carbonyl (C=O) groups excluding carboxylic acids is 2. The Labute approximate surface area is 165 Å². The molecule has 1 N–H and O–H groups in total. The van der Waals surface area contributed by atoms with Gasteiger partial charge in [-0.3, -0.25) is 9.59 Å². The number of amides is 2. The minimum absolute atomic E-state index is 0.0539. The highest BCUT2D eigenvalue weighted by molar-refractivity contribution is 5.98. The lowest BCUT2D eigenvalue weighted by atomic mass is 10.1. The van der Waals surface area contributed by atoms with Crippen LogP contribution in [0.4, 0.5) is 11.5 Å². The van der Waals surface area contributed by atoms with Crippen LogP contribution in [0.25, 0.3) is 0 Å². The van der Waals surface area contributed by atoms with E-state index in [0.29, 0.717) is 24.3 Å². The van der Waals surface area contributed by atoms with Crippen LogP contribution in [0.5, 0.6) is 0 Å². The van der Waals surface area contributed by atoms with Crippen molar-refractivity contribution in [1.29, 1.82) is 0 Å². The number of piperidine rings is 1. The van der Waals surface area contributed by atoms with E-state index in [2.05, 4.69) is 10.3 Å². The fraction of sp³-hybridized carbons (Fsp3) is 0.409. The Hall–Kier alpha value is -2.89. The molecule has 0 unspecified atom stereocenters. The molecular weight excluding hydrogens is 352 g/mol. The van der Waals surface area contributed by atoms with Gasteiger partial charge in [-0.05, 0) is 55.5 Å². The smallest absolute Gasteiger partial charge is 0.257 e. The zero-order chi connectivity index (χ0) is 19.3. The van der Waals surface area contributed by atoms with Crippen LogP contribution in [-0.4, -0.2) is 41.3 Å². The van der Waals surface area contributed by atoms with Crippen molar-refractivity contribution >= 4 is 23.3 Å². The number of pyridine rings is 1. The molecule has 0 bridgehead atoms. The van der Waals surface area contributed by atoms with Gasteiger partial charge in [0.25, 0.3) is 5.91 Å². The van der Waals surface area contributed by atoms with E-state index in [1.165, 1.54) is 6.42 Å². The van der Waals surface area contributed by atoms with Crippen molar-refractivity contribution in [1.82, 2.24) is 9.88 Å². The number of rotatable bonds is 5. The molecule has 4 rings (SSSR count). The number of benzene rings is 1. The first kappa shape index (κ1) is 18.5. The van der Waals surface area contributed by atoms with Gasteiger partial charge in [0.2, 0.25) is 5.91 Å². The van der Waals surface area contributed by atoms with Crippen LogP contribution in [-0.2, 0) is 11.3 Å². The fourth-order valence-electron chi connectivity index (χ4n) is 3.89. The van der Waals surface area contributed by atoms with E-state index in [-0.39, 0.29) is 11.8 Å². The van der Waals surface area contributed by atoms with Gasteiger partial charge >= 0.3 is 0 Å². The summed E-state index contributed by atoms with van der Waals surface area (Å²) in [7, 11) is 0. The molecule has 2 amide bonds. The lowest BCUT2D eigenvalue weighted by Crippen LogP contribution is -2.36. The SMILES string of the molecule is O=C(c1cccnc1NCc1ccc(N2CCCC2=O)cc1)N1CCCCC1. The summed E-state index contributed by atoms with van der Waals surface area (Å²) in [5.74, 6) is 0.871. The third-order valence-corrected chi connectivity index (χ3v) is 5.46. The molecule has 2 aromatic rings. The third kappa shape index (κ3) is 4.01. The Morgan fingerprint density at radius 2 is 1.79 bits per heavy atom. The molecule has 1 aromatic carbocycles. The Bertz CT molecular complexity index is 844. The second-order valence-corrected chi connectivity index (χ2v) is 7.42. The van der Waals surface area contributed by atoms with Gasteiger partial charge < -0.3 is 15.1 Å². The predicted octanol–water partition coefficient (Wildman–Crippen LogP) is 3.45. The second-order valence-electron chi connectivity index (χ2n) is 7.42. The first-order chi connectivity index (χ1) is 13.7. The Kier molecular flexibility index (Phi) is 5.55. The molecule has 2 aliphatic rings. The molecule has 6 nitrogen and oxygen atoms in total. The molecule has 0 radical (unpaired) electrons. The van der Waals surface area contributed by atoms with Gasteiger partial charge in [0.05, 0.1) is 5.56 Å². The van der Waals surface area contributed by atoms with Crippen molar-refractivity contribution < 1.29 is 9.59 Å². The van der Waals surface area contributed by atoms with Crippen molar-refractivity contribution in [2.24, 2.45) is 0 Å². The summed E-state index contributed by atoms with van der Waals surface area (Å²) in [6.45, 7) is 3.02. The molecule has 0 spiro atoms. The van der Waals surface area contributed by atoms with Crippen LogP contribution >= 0.6 is 0 Å². The van der Waals surface area contributed by atoms with Crippen LogP contribution in [0.2, 0.25) is 0 Å². The number of nitrogens with zero attached hydrogens (tertiary/aromatic N) is 3. The van der Waals surface area contributed by atoms with Gasteiger partial charge in [0.15, 0.2) is 0 Å². The standard InChI is InChI=1S/C22H26N4O2/c27-20-7-5-15-26(20)18-10-8-17(9-11-18)16-24-21-19(6-4-12-23-21)22(28)25-13-2-1-3-14-25/h4,6,8-12H,1-3,5,7,13-16H2,(H,23,24). The van der Waals surface area contributed by atoms with Crippen molar-refractivity contribution in [2.75, 3.05) is 29.9 Å². The van der Waals surface area contributed by atoms with Crippen LogP contribution in [0, 0.1) is 0 Å². The van der Waals surface area contributed by atoms with Crippen molar-refractivity contribution in [3.8, 4) is 0 Å². The minimum atomic E-state index is 0.0539. The average molecular weight is 378 g/mol. The molecule has 2 aliphatic heterocycles. The lowest BCUT2D eigenvalue weighted by Gasteiger charge is -2.27. The summed E-state index contributed by atoms with van der Waals surface area (Å²) in [4.78, 5) is 32.9. The van der Waals surface area contributed by atoms with Crippen molar-refractivity contribution in [3.63, 3.8) is 0 Å². The van der Waals surface area contributed by atoms with Gasteiger partial charge in [-0.2, -0.15) is 0 Å². The van der Waals surface area contributed by atoms with E-state index < -0.39 is 0 Å². The Balaban J connectivity index is 1.42. The molecule has 146 valence electrons. The molecule has 0 atom stereocenters. The highest BCUT2D eigenvalue weighted by atomic mass is 16.2. The van der Waals surface area contributed by atoms with Crippen molar-refractivity contribution in [2.45, 2.75) is 38.6 Å². The molecule has 2 fully saturated rings. The van der Waals surface area contributed by atoms with Gasteiger partial charge in [0, 0.05) is 44.5 Å². The van der Waals surface area contributed by atoms with Gasteiger partial charge in [-0.15, -0.1) is 0 Å². The van der Waals surface area contributed by atoms with E-state index in [4.69, 9.17) is 0 Å². The van der Waals surface area contributed by atoms with E-state index in [9.17, 15) is 9.59 Å². The number of hydrogen-bond acceptors (Lipinski definition) is 4. The van der Waals surface area contributed by atoms with Crippen LogP contribution in [0.1, 0.15) is 48.0 Å². The number of anilines is 2. The monoisotopic (exact) mass is 378 g/mol. The number of hydrogen-bond donors (Lipinski definition) is 1. The molecule has 2 saturated heterocycles. The molecule has 0 saturated carbocycles. The van der Waals surface area contributed by atoms with E-state index in [1.807, 2.05) is 46.2 Å². The summed E-state index contributed by atoms with van der Waals surface area (Å²) < 4.78 is 0. The maximum atomic E-state index is 12.9. The molecular formula is C22H26N4O2. The van der Waals surface area contributed by atoms with Crippen molar-refractivity contribution in [3.05, 3.63) is 53.7 Å². The zero-order valence-electron chi connectivity index (χ0n) is 16.1. The van der Waals surface area contributed by atoms with E-state index in [0.717, 1.165) is 50.1 Å². The van der Waals surface area contributed by atoms with Gasteiger partial charge in [0.1, 0.15) is 5.82 Å². The number of aromatic nitrogens is 1. The highest BCUT2D eigenvalue weighted by Crippen LogP contribution is 2.23. The normalized spacial score (nSPS) is 17.1. The molecule has 3 heterocycles. The first-order valence-corrected chi connectivity index (χ1v) is 10.1. The van der Waals surface area contributed by atoms with E-state index in [1.54, 1.807) is 6.20 Å². The summed E-state index contributed by atoms with van der Waals surface area (Å²) in [6, 6.07) is 11.7. The van der Waals surface area contributed by atoms with Crippen LogP contribution in [0.3, 0.4) is 0 Å². The lowest BCUT2D eigenvalue weighted by molar-refractivity contribution is -0.117. The Morgan fingerprint density at radius 1 is 1.00 bits per heavy atom. The zero-order valence-corrected chi connectivity index (χ0v) is 16.1. The highest BCUT2D eigenvalue weighted by Gasteiger charge is 2.22. The first-order valence-electron chi connectivity index (χ1n) is 10.1. The summed E-state index contributed by atoms with van der Waals surface area (Å²) >= 11 is 0. The number of likely N-dealkylation sites (tertiary alicyclic amines) is 1. The minimum Gasteiger partial charge on any atom is -0.365 e. The number of carbonyl (C=O) groups is 2. The summed E-state index contributed by atoms with van der Waals surface area (Å²) in [6.07, 6.45) is 6.60. The second kappa shape index (κ2) is 8.42. The third-order valence-electron chi connectivity index (χ3n) is 5.46. The van der Waals surface area contributed by atoms with Gasteiger partial charge in [-0.1, -0.05) is 12.1 Å². The Morgan fingerprint density at radius 3 is 2.50 bits per heavy atom. The maximum absolute atomic E-state index is 12.9. The molecule has 1 aromatic heterocycles. The predicted molar refractivity (Wildman–Crippen MR) is 109 cm³/mol. The summed E-state index contributed by atoms with van der Waals surface area (Å²) in [5, 5.41) is 3.31. The van der Waals surface area contributed by atoms with E-state index >= 15 is 0 Å². The largest absolute Gasteiger partial charge is 0.365 e. The topological polar surface area (TPSA) is 65.5 Å². The van der Waals surface area contributed by atoms with Crippen LogP contribution < -0.4 is 10.2 Å². The summed E-state index contributed by atoms with van der Waals surface area (Å²) in [5.41, 5.74) is 2.66. The van der Waals surface area contributed by atoms with Crippen LogP contribution in [0.15, 0.2) is 42.6 Å². The quantitative estimate of drug-likeness (QED) is 0.865. The number of nitrogens with one attached hydrogen (secondary N) is 1. The average Bonchev–Trinajstić information content (AvgIpc) is 3.19. The molecule has 28 heavy (non-hydrogen) atoms. The molecule has 6 heteroatoms. The fourth-order valence-corrected chi connectivity index (χ4v) is 3.89. The molecule has 0 aliphatic carbocycles. The maximum Gasteiger partial charge on any atom is 0.257 e.